The first-order chi connectivity index (χ1) is 9.15. The van der Waals surface area contributed by atoms with E-state index in [1.807, 2.05) is 0 Å². The van der Waals surface area contributed by atoms with Gasteiger partial charge in [-0.05, 0) is 56.0 Å². The van der Waals surface area contributed by atoms with E-state index in [1.54, 1.807) is 6.07 Å². The molecule has 1 N–H and O–H groups in total. The lowest BCUT2D eigenvalue weighted by Gasteiger charge is -2.21. The van der Waals surface area contributed by atoms with E-state index in [0.717, 1.165) is 37.6 Å². The fraction of sp³-hybridized carbons (Fsp3) is 0.533. The van der Waals surface area contributed by atoms with Gasteiger partial charge in [0.05, 0.1) is 0 Å². The summed E-state index contributed by atoms with van der Waals surface area (Å²) in [5.74, 6) is -0.646. The molecule has 0 radical (unpaired) electrons. The van der Waals surface area contributed by atoms with E-state index in [1.165, 1.54) is 6.07 Å². The van der Waals surface area contributed by atoms with Crippen molar-refractivity contribution in [2.45, 2.75) is 32.1 Å². The van der Waals surface area contributed by atoms with E-state index >= 15 is 0 Å². The second-order valence-electron chi connectivity index (χ2n) is 5.18. The number of benzene rings is 1. The van der Waals surface area contributed by atoms with Crippen LogP contribution in [0.2, 0.25) is 0 Å². The van der Waals surface area contributed by atoms with Crippen molar-refractivity contribution in [1.29, 1.82) is 0 Å². The monoisotopic (exact) mass is 267 g/mol. The summed E-state index contributed by atoms with van der Waals surface area (Å²) in [5.41, 5.74) is 0.797. The van der Waals surface area contributed by atoms with Crippen molar-refractivity contribution >= 4 is 5.78 Å². The van der Waals surface area contributed by atoms with Crippen molar-refractivity contribution in [2.75, 3.05) is 13.1 Å². The number of nitrogens with one attached hydrogen (secondary N) is 1. The first kappa shape index (κ1) is 14.1. The molecule has 1 aliphatic carbocycles. The number of hydrogen-bond donors (Lipinski definition) is 1. The van der Waals surface area contributed by atoms with Crippen LogP contribution in [0.1, 0.15) is 31.2 Å². The number of Topliss-reactive ketones (excluding diaryl/α,β-unsaturated/α-hetero) is 1. The van der Waals surface area contributed by atoms with E-state index in [9.17, 15) is 13.6 Å². The Morgan fingerprint density at radius 3 is 2.58 bits per heavy atom. The number of hydrogen-bond acceptors (Lipinski definition) is 2. The Morgan fingerprint density at radius 2 is 1.89 bits per heavy atom. The molecule has 1 saturated carbocycles. The van der Waals surface area contributed by atoms with Crippen LogP contribution in [0, 0.1) is 17.6 Å². The zero-order valence-electron chi connectivity index (χ0n) is 10.9. The Hall–Kier alpha value is -1.29. The highest BCUT2D eigenvalue weighted by atomic mass is 19.2. The van der Waals surface area contributed by atoms with Gasteiger partial charge in [0, 0.05) is 12.8 Å². The summed E-state index contributed by atoms with van der Waals surface area (Å²) in [6.45, 7) is 1.65. The maximum absolute atomic E-state index is 13.0. The van der Waals surface area contributed by atoms with Gasteiger partial charge in [0.2, 0.25) is 0 Å². The minimum absolute atomic E-state index is 0.373. The molecule has 0 unspecified atom stereocenters. The van der Waals surface area contributed by atoms with Crippen LogP contribution in [0.15, 0.2) is 18.2 Å². The zero-order valence-corrected chi connectivity index (χ0v) is 10.9. The van der Waals surface area contributed by atoms with Crippen LogP contribution in [-0.4, -0.2) is 18.9 Å². The summed E-state index contributed by atoms with van der Waals surface area (Å²) in [5, 5.41) is 3.32. The molecule has 0 aromatic heterocycles. The molecule has 2 nitrogen and oxygen atoms in total. The molecule has 0 amide bonds. The lowest BCUT2D eigenvalue weighted by atomic mass is 9.88. The predicted molar refractivity (Wildman–Crippen MR) is 69.9 cm³/mol. The minimum atomic E-state index is -0.802. The summed E-state index contributed by atoms with van der Waals surface area (Å²) in [6, 6.07) is 4.02. The Balaban J connectivity index is 1.66. The lowest BCUT2D eigenvalue weighted by molar-refractivity contribution is -0.120. The second kappa shape index (κ2) is 6.75. The fourth-order valence-electron chi connectivity index (χ4n) is 2.44. The van der Waals surface area contributed by atoms with Gasteiger partial charge in [0.25, 0.3) is 0 Å². The highest BCUT2D eigenvalue weighted by Gasteiger charge is 2.17. The van der Waals surface area contributed by atoms with Gasteiger partial charge in [-0.2, -0.15) is 0 Å². The van der Waals surface area contributed by atoms with Crippen molar-refractivity contribution in [2.24, 2.45) is 5.92 Å². The Labute approximate surface area is 112 Å². The molecule has 0 spiro atoms. The third kappa shape index (κ3) is 4.39. The molecule has 1 aliphatic rings. The summed E-state index contributed by atoms with van der Waals surface area (Å²) in [4.78, 5) is 11.1. The molecule has 2 rings (SSSR count). The Kier molecular flexibility index (Phi) is 5.02. The molecule has 0 atom stereocenters. The highest BCUT2D eigenvalue weighted by molar-refractivity contribution is 5.79. The standard InChI is InChI=1S/C15H19F2NO/c16-14-6-3-11(9-15(14)17)7-8-18-10-12-1-4-13(19)5-2-12/h3,6,9,12,18H,1-2,4-5,7-8,10H2. The Morgan fingerprint density at radius 1 is 1.16 bits per heavy atom. The second-order valence-corrected chi connectivity index (χ2v) is 5.18. The van der Waals surface area contributed by atoms with Crippen molar-refractivity contribution < 1.29 is 13.6 Å². The number of ketones is 1. The van der Waals surface area contributed by atoms with E-state index in [2.05, 4.69) is 5.32 Å². The molecule has 0 heterocycles. The summed E-state index contributed by atoms with van der Waals surface area (Å²) in [6.07, 6.45) is 4.03. The van der Waals surface area contributed by atoms with Gasteiger partial charge in [-0.15, -0.1) is 0 Å². The fourth-order valence-corrected chi connectivity index (χ4v) is 2.44. The van der Waals surface area contributed by atoms with Crippen molar-refractivity contribution in [1.82, 2.24) is 5.32 Å². The molecule has 104 valence electrons. The third-order valence-corrected chi connectivity index (χ3v) is 3.67. The lowest BCUT2D eigenvalue weighted by Crippen LogP contribution is -2.28. The van der Waals surface area contributed by atoms with Gasteiger partial charge in [0.1, 0.15) is 5.78 Å². The molecule has 19 heavy (non-hydrogen) atoms. The number of carbonyl (C=O) groups excluding carboxylic acids is 1. The van der Waals surface area contributed by atoms with E-state index < -0.39 is 11.6 Å². The maximum Gasteiger partial charge on any atom is 0.159 e. The summed E-state index contributed by atoms with van der Waals surface area (Å²) < 4.78 is 25.7. The van der Waals surface area contributed by atoms with Gasteiger partial charge >= 0.3 is 0 Å². The van der Waals surface area contributed by atoms with Gasteiger partial charge in [-0.1, -0.05) is 6.07 Å². The molecule has 1 aromatic rings. The minimum Gasteiger partial charge on any atom is -0.316 e. The average molecular weight is 267 g/mol. The smallest absolute Gasteiger partial charge is 0.159 e. The first-order valence-electron chi connectivity index (χ1n) is 6.81. The quantitative estimate of drug-likeness (QED) is 0.831. The molecule has 0 bridgehead atoms. The van der Waals surface area contributed by atoms with Crippen LogP contribution >= 0.6 is 0 Å². The van der Waals surface area contributed by atoms with Crippen LogP contribution in [-0.2, 0) is 11.2 Å². The molecule has 0 saturated heterocycles. The summed E-state index contributed by atoms with van der Waals surface area (Å²) in [7, 11) is 0. The maximum atomic E-state index is 13.0. The van der Waals surface area contributed by atoms with E-state index in [4.69, 9.17) is 0 Å². The van der Waals surface area contributed by atoms with Gasteiger partial charge in [0.15, 0.2) is 11.6 Å². The van der Waals surface area contributed by atoms with Crippen LogP contribution in [0.5, 0.6) is 0 Å². The number of carbonyl (C=O) groups is 1. The molecular formula is C15H19F2NO. The zero-order chi connectivity index (χ0) is 13.7. The molecule has 1 fully saturated rings. The van der Waals surface area contributed by atoms with Crippen LogP contribution in [0.25, 0.3) is 0 Å². The summed E-state index contributed by atoms with van der Waals surface area (Å²) >= 11 is 0. The van der Waals surface area contributed by atoms with Gasteiger partial charge < -0.3 is 5.32 Å². The topological polar surface area (TPSA) is 29.1 Å². The first-order valence-corrected chi connectivity index (χ1v) is 6.81. The largest absolute Gasteiger partial charge is 0.316 e. The predicted octanol–water partition coefficient (Wildman–Crippen LogP) is 2.86. The van der Waals surface area contributed by atoms with E-state index in [-0.39, 0.29) is 0 Å². The molecular weight excluding hydrogens is 248 g/mol. The van der Waals surface area contributed by atoms with Gasteiger partial charge in [-0.3, -0.25) is 4.79 Å². The molecule has 4 heteroatoms. The SMILES string of the molecule is O=C1CCC(CNCCc2ccc(F)c(F)c2)CC1. The van der Waals surface area contributed by atoms with Crippen molar-refractivity contribution in [3.63, 3.8) is 0 Å². The van der Waals surface area contributed by atoms with Crippen molar-refractivity contribution in [3.8, 4) is 0 Å². The molecule has 0 aliphatic heterocycles. The third-order valence-electron chi connectivity index (χ3n) is 3.67. The number of halogens is 2. The normalized spacial score (nSPS) is 16.8. The van der Waals surface area contributed by atoms with Crippen LogP contribution in [0.3, 0.4) is 0 Å². The average Bonchev–Trinajstić information content (AvgIpc) is 2.41. The van der Waals surface area contributed by atoms with Crippen molar-refractivity contribution in [3.05, 3.63) is 35.4 Å². The van der Waals surface area contributed by atoms with E-state index in [0.29, 0.717) is 31.0 Å². The van der Waals surface area contributed by atoms with Crippen LogP contribution < -0.4 is 5.32 Å². The van der Waals surface area contributed by atoms with Crippen LogP contribution in [0.4, 0.5) is 8.78 Å². The molecule has 1 aromatic carbocycles. The Bertz CT molecular complexity index is 438. The number of rotatable bonds is 5. The highest BCUT2D eigenvalue weighted by Crippen LogP contribution is 2.20. The van der Waals surface area contributed by atoms with Gasteiger partial charge in [-0.25, -0.2) is 8.78 Å².